The Morgan fingerprint density at radius 3 is 2.60 bits per heavy atom. The lowest BCUT2D eigenvalue weighted by Gasteiger charge is -2.37. The number of nitrogens with zero attached hydrogens (tertiary/aromatic N) is 1. The van der Waals surface area contributed by atoms with Gasteiger partial charge in [-0.25, -0.2) is 17.1 Å². The number of benzene rings is 1. The zero-order chi connectivity index (χ0) is 18.2. The maximum atomic E-state index is 14.0. The molecular formula is C18H25FN2O3S. The van der Waals surface area contributed by atoms with E-state index < -0.39 is 21.8 Å². The van der Waals surface area contributed by atoms with Crippen LogP contribution in [0.25, 0.3) is 0 Å². The third-order valence-corrected chi connectivity index (χ3v) is 6.85. The highest BCUT2D eigenvalue weighted by Gasteiger charge is 2.52. The van der Waals surface area contributed by atoms with E-state index in [0.717, 1.165) is 37.7 Å². The van der Waals surface area contributed by atoms with E-state index in [1.54, 1.807) is 12.1 Å². The molecule has 5 nitrogen and oxygen atoms in total. The third-order valence-electron chi connectivity index (χ3n) is 5.63. The van der Waals surface area contributed by atoms with Crippen molar-refractivity contribution >= 4 is 21.6 Å². The molecule has 1 saturated carbocycles. The molecule has 1 N–H and O–H groups in total. The zero-order valence-electron chi connectivity index (χ0n) is 14.7. The number of anilines is 1. The summed E-state index contributed by atoms with van der Waals surface area (Å²) in [5, 5.41) is 2.70. The van der Waals surface area contributed by atoms with Crippen LogP contribution in [0, 0.1) is 24.1 Å². The second-order valence-electron chi connectivity index (χ2n) is 7.50. The van der Waals surface area contributed by atoms with E-state index in [2.05, 4.69) is 5.32 Å². The molecule has 1 amide bonds. The quantitative estimate of drug-likeness (QED) is 0.892. The van der Waals surface area contributed by atoms with Crippen molar-refractivity contribution in [2.24, 2.45) is 11.3 Å². The fourth-order valence-electron chi connectivity index (χ4n) is 4.25. The number of amides is 1. The van der Waals surface area contributed by atoms with Gasteiger partial charge in [-0.1, -0.05) is 25.3 Å². The molecule has 1 aliphatic heterocycles. The molecule has 1 heterocycles. The van der Waals surface area contributed by atoms with Gasteiger partial charge in [-0.2, -0.15) is 0 Å². The lowest BCUT2D eigenvalue weighted by molar-refractivity contribution is -0.123. The highest BCUT2D eigenvalue weighted by atomic mass is 32.2. The van der Waals surface area contributed by atoms with Gasteiger partial charge in [0.05, 0.1) is 17.9 Å². The normalized spacial score (nSPS) is 23.7. The van der Waals surface area contributed by atoms with Crippen molar-refractivity contribution in [1.82, 2.24) is 4.31 Å². The fraction of sp³-hybridized carbons (Fsp3) is 0.611. The maximum Gasteiger partial charge on any atom is 0.229 e. The van der Waals surface area contributed by atoms with Gasteiger partial charge in [0.1, 0.15) is 5.82 Å². The van der Waals surface area contributed by atoms with Crippen LogP contribution in [0.3, 0.4) is 0 Å². The summed E-state index contributed by atoms with van der Waals surface area (Å²) in [5.74, 6) is -1.20. The fourth-order valence-corrected chi connectivity index (χ4v) is 5.17. The minimum atomic E-state index is -3.35. The molecule has 138 valence electrons. The average Bonchev–Trinajstić information content (AvgIpc) is 2.91. The van der Waals surface area contributed by atoms with E-state index in [0.29, 0.717) is 6.54 Å². The molecule has 1 aliphatic carbocycles. The SMILES string of the molecule is Cc1ccc(F)c(NC(=O)[C@@H]2CN(S(C)(=O)=O)CC23CCCCC3)c1. The Morgan fingerprint density at radius 1 is 1.28 bits per heavy atom. The monoisotopic (exact) mass is 368 g/mol. The molecule has 3 rings (SSSR count). The van der Waals surface area contributed by atoms with Crippen molar-refractivity contribution in [1.29, 1.82) is 0 Å². The topological polar surface area (TPSA) is 66.5 Å². The first-order chi connectivity index (χ1) is 11.7. The Balaban J connectivity index is 1.87. The van der Waals surface area contributed by atoms with Crippen molar-refractivity contribution < 1.29 is 17.6 Å². The minimum Gasteiger partial charge on any atom is -0.323 e. The highest BCUT2D eigenvalue weighted by molar-refractivity contribution is 7.88. The van der Waals surface area contributed by atoms with Gasteiger partial charge in [-0.3, -0.25) is 4.79 Å². The van der Waals surface area contributed by atoms with E-state index in [1.807, 2.05) is 6.92 Å². The van der Waals surface area contributed by atoms with Crippen molar-refractivity contribution in [3.05, 3.63) is 29.6 Å². The van der Waals surface area contributed by atoms with E-state index in [-0.39, 0.29) is 23.6 Å². The van der Waals surface area contributed by atoms with Gasteiger partial charge in [-0.15, -0.1) is 0 Å². The van der Waals surface area contributed by atoms with Crippen LogP contribution in [0.4, 0.5) is 10.1 Å². The predicted octanol–water partition coefficient (Wildman–Crippen LogP) is 2.91. The van der Waals surface area contributed by atoms with Crippen LogP contribution < -0.4 is 5.32 Å². The number of rotatable bonds is 3. The van der Waals surface area contributed by atoms with Gasteiger partial charge >= 0.3 is 0 Å². The molecule has 2 fully saturated rings. The van der Waals surface area contributed by atoms with Crippen molar-refractivity contribution in [3.8, 4) is 0 Å². The molecule has 1 spiro atoms. The number of carbonyl (C=O) groups excluding carboxylic acids is 1. The Hall–Kier alpha value is -1.47. The van der Waals surface area contributed by atoms with Crippen LogP contribution in [-0.2, 0) is 14.8 Å². The summed E-state index contributed by atoms with van der Waals surface area (Å²) in [6.45, 7) is 2.40. The first-order valence-corrected chi connectivity index (χ1v) is 10.6. The van der Waals surface area contributed by atoms with Crippen molar-refractivity contribution in [2.45, 2.75) is 39.0 Å². The van der Waals surface area contributed by atoms with Crippen LogP contribution in [0.5, 0.6) is 0 Å². The predicted molar refractivity (Wildman–Crippen MR) is 95.2 cm³/mol. The summed E-state index contributed by atoms with van der Waals surface area (Å²) in [4.78, 5) is 12.9. The lowest BCUT2D eigenvalue weighted by Crippen LogP contribution is -2.39. The smallest absolute Gasteiger partial charge is 0.229 e. The molecule has 1 aromatic carbocycles. The zero-order valence-corrected chi connectivity index (χ0v) is 15.5. The number of halogens is 1. The van der Waals surface area contributed by atoms with Crippen LogP contribution in [0.1, 0.15) is 37.7 Å². The highest BCUT2D eigenvalue weighted by Crippen LogP contribution is 2.48. The first-order valence-electron chi connectivity index (χ1n) is 8.73. The Bertz CT molecular complexity index is 773. The van der Waals surface area contributed by atoms with E-state index in [9.17, 15) is 17.6 Å². The van der Waals surface area contributed by atoms with Crippen molar-refractivity contribution in [3.63, 3.8) is 0 Å². The molecule has 1 aromatic rings. The average molecular weight is 368 g/mol. The van der Waals surface area contributed by atoms with Gasteiger partial charge in [0.25, 0.3) is 0 Å². The standard InChI is InChI=1S/C18H25FN2O3S/c1-13-6-7-15(19)16(10-13)20-17(22)14-11-21(25(2,23)24)12-18(14)8-4-3-5-9-18/h6-7,10,14H,3-5,8-9,11-12H2,1-2H3,(H,20,22)/t14-/m0/s1. The maximum absolute atomic E-state index is 14.0. The molecule has 0 aromatic heterocycles. The summed E-state index contributed by atoms with van der Waals surface area (Å²) in [6.07, 6.45) is 5.98. The molecular weight excluding hydrogens is 343 g/mol. The number of nitrogens with one attached hydrogen (secondary N) is 1. The van der Waals surface area contributed by atoms with E-state index in [4.69, 9.17) is 0 Å². The largest absolute Gasteiger partial charge is 0.323 e. The summed E-state index contributed by atoms with van der Waals surface area (Å²) in [6, 6.07) is 4.58. The van der Waals surface area contributed by atoms with Gasteiger partial charge < -0.3 is 5.32 Å². The number of sulfonamides is 1. The Morgan fingerprint density at radius 2 is 1.96 bits per heavy atom. The molecule has 7 heteroatoms. The van der Waals surface area contributed by atoms with Crippen LogP contribution in [0.2, 0.25) is 0 Å². The summed E-state index contributed by atoms with van der Waals surface area (Å²) in [5.41, 5.74) is 0.688. The van der Waals surface area contributed by atoms with Gasteiger partial charge in [0, 0.05) is 13.1 Å². The van der Waals surface area contributed by atoms with Crippen LogP contribution in [0.15, 0.2) is 18.2 Å². The van der Waals surface area contributed by atoms with Gasteiger partial charge in [-0.05, 0) is 42.9 Å². The molecule has 1 saturated heterocycles. The molecule has 25 heavy (non-hydrogen) atoms. The van der Waals surface area contributed by atoms with Gasteiger partial charge in [0.2, 0.25) is 15.9 Å². The first kappa shape index (κ1) is 18.3. The molecule has 0 radical (unpaired) electrons. The van der Waals surface area contributed by atoms with Crippen LogP contribution in [-0.4, -0.2) is 38.0 Å². The van der Waals surface area contributed by atoms with E-state index in [1.165, 1.54) is 16.6 Å². The molecule has 0 bridgehead atoms. The second kappa shape index (κ2) is 6.68. The number of hydrogen-bond acceptors (Lipinski definition) is 3. The lowest BCUT2D eigenvalue weighted by atomic mass is 9.67. The Kier molecular flexibility index (Phi) is 4.90. The van der Waals surface area contributed by atoms with E-state index >= 15 is 0 Å². The van der Waals surface area contributed by atoms with Crippen LogP contribution >= 0.6 is 0 Å². The minimum absolute atomic E-state index is 0.161. The Labute approximate surface area is 148 Å². The molecule has 2 aliphatic rings. The number of carbonyl (C=O) groups is 1. The number of hydrogen-bond donors (Lipinski definition) is 1. The second-order valence-corrected chi connectivity index (χ2v) is 9.49. The summed E-state index contributed by atoms with van der Waals surface area (Å²) in [7, 11) is -3.35. The molecule has 0 unspecified atom stereocenters. The summed E-state index contributed by atoms with van der Waals surface area (Å²) >= 11 is 0. The summed E-state index contributed by atoms with van der Waals surface area (Å²) < 4.78 is 39.4. The third kappa shape index (κ3) is 3.72. The van der Waals surface area contributed by atoms with Crippen molar-refractivity contribution in [2.75, 3.05) is 24.7 Å². The number of aryl methyl sites for hydroxylation is 1. The van der Waals surface area contributed by atoms with Gasteiger partial charge in [0.15, 0.2) is 0 Å². The molecule has 1 atom stereocenters.